The van der Waals surface area contributed by atoms with Crippen LogP contribution in [0.3, 0.4) is 0 Å². The third-order valence-corrected chi connectivity index (χ3v) is 5.72. The molecule has 1 aromatic heterocycles. The average Bonchev–Trinajstić information content (AvgIpc) is 3.30. The van der Waals surface area contributed by atoms with Crippen LogP contribution in [0.15, 0.2) is 72.9 Å². The monoisotopic (exact) mass is 482 g/mol. The number of fused-ring (bicyclic) bond motifs is 1. The maximum atomic E-state index is 13.3. The second-order valence-electron chi connectivity index (χ2n) is 8.77. The molecule has 0 aliphatic heterocycles. The lowest BCUT2D eigenvalue weighted by atomic mass is 10.0. The van der Waals surface area contributed by atoms with Gasteiger partial charge in [-0.1, -0.05) is 30.0 Å². The first kappa shape index (κ1) is 24.9. The highest BCUT2D eigenvalue weighted by Gasteiger charge is 2.19. The van der Waals surface area contributed by atoms with E-state index in [9.17, 15) is 9.90 Å². The number of hydrogen-bond donors (Lipinski definition) is 3. The zero-order chi connectivity index (χ0) is 25.5. The maximum Gasteiger partial charge on any atom is 0.255 e. The highest BCUT2D eigenvalue weighted by atomic mass is 16.5. The molecule has 1 heterocycles. The number of nitrogens with one attached hydrogen (secondary N) is 2. The van der Waals surface area contributed by atoms with Gasteiger partial charge in [0.25, 0.3) is 5.91 Å². The second kappa shape index (κ2) is 11.5. The van der Waals surface area contributed by atoms with Crippen LogP contribution in [0.4, 0.5) is 0 Å². The van der Waals surface area contributed by atoms with Gasteiger partial charge in [0.1, 0.15) is 11.5 Å². The number of amides is 1. The van der Waals surface area contributed by atoms with Gasteiger partial charge in [-0.05, 0) is 74.4 Å². The van der Waals surface area contributed by atoms with E-state index < -0.39 is 6.04 Å². The van der Waals surface area contributed by atoms with Crippen LogP contribution in [0.2, 0.25) is 0 Å². The van der Waals surface area contributed by atoms with Crippen LogP contribution < -0.4 is 14.8 Å². The Morgan fingerprint density at radius 2 is 1.75 bits per heavy atom. The van der Waals surface area contributed by atoms with E-state index in [0.29, 0.717) is 23.3 Å². The predicted octanol–water partition coefficient (Wildman–Crippen LogP) is 4.70. The first-order chi connectivity index (χ1) is 17.5. The Bertz CT molecular complexity index is 1390. The average molecular weight is 483 g/mol. The molecule has 0 bridgehead atoms. The molecule has 184 valence electrons. The van der Waals surface area contributed by atoms with Gasteiger partial charge in [0.05, 0.1) is 31.4 Å². The number of aromatic amines is 1. The van der Waals surface area contributed by atoms with E-state index in [1.165, 1.54) is 0 Å². The number of aromatic nitrogens is 1. The number of rotatable bonds is 8. The number of ether oxygens (including phenoxy) is 2. The van der Waals surface area contributed by atoms with Crippen molar-refractivity contribution in [3.63, 3.8) is 0 Å². The Hall–Kier alpha value is -4.21. The molecule has 4 aromatic rings. The number of aliphatic hydroxyl groups excluding tert-OH is 1. The Labute approximate surface area is 211 Å². The largest absolute Gasteiger partial charge is 0.497 e. The van der Waals surface area contributed by atoms with Gasteiger partial charge in [0, 0.05) is 28.2 Å². The molecule has 3 aromatic carbocycles. The van der Waals surface area contributed by atoms with Crippen molar-refractivity contribution in [2.24, 2.45) is 0 Å². The minimum absolute atomic E-state index is 0.104. The van der Waals surface area contributed by atoms with Crippen LogP contribution in [0, 0.1) is 11.8 Å². The number of aliphatic hydroxyl groups is 1. The lowest BCUT2D eigenvalue weighted by Crippen LogP contribution is -2.39. The van der Waals surface area contributed by atoms with Gasteiger partial charge in [-0.25, -0.2) is 0 Å². The summed E-state index contributed by atoms with van der Waals surface area (Å²) in [6.45, 7) is 3.63. The molecular weight excluding hydrogens is 452 g/mol. The highest BCUT2D eigenvalue weighted by molar-refractivity contribution is 5.97. The molecule has 36 heavy (non-hydrogen) atoms. The van der Waals surface area contributed by atoms with E-state index in [4.69, 9.17) is 9.47 Å². The van der Waals surface area contributed by atoms with Crippen molar-refractivity contribution in [3.8, 4) is 23.3 Å². The first-order valence-electron chi connectivity index (χ1n) is 11.9. The number of H-pyrrole nitrogens is 1. The molecule has 0 aliphatic rings. The van der Waals surface area contributed by atoms with Gasteiger partial charge >= 0.3 is 0 Å². The molecule has 0 fully saturated rings. The Morgan fingerprint density at radius 1 is 1.03 bits per heavy atom. The van der Waals surface area contributed by atoms with Gasteiger partial charge in [-0.3, -0.25) is 4.79 Å². The molecule has 0 saturated carbocycles. The summed E-state index contributed by atoms with van der Waals surface area (Å²) in [5, 5.41) is 14.1. The van der Waals surface area contributed by atoms with E-state index in [1.807, 2.05) is 74.6 Å². The number of carbonyl (C=O) groups excluding carboxylic acids is 1. The fourth-order valence-electron chi connectivity index (χ4n) is 3.95. The molecule has 3 N–H and O–H groups in total. The van der Waals surface area contributed by atoms with Crippen molar-refractivity contribution in [3.05, 3.63) is 95.2 Å². The van der Waals surface area contributed by atoms with Gasteiger partial charge in [-0.2, -0.15) is 0 Å². The van der Waals surface area contributed by atoms with Crippen molar-refractivity contribution >= 4 is 16.8 Å². The summed E-state index contributed by atoms with van der Waals surface area (Å²) in [7, 11) is 1.62. The Kier molecular flexibility index (Phi) is 7.94. The van der Waals surface area contributed by atoms with Crippen LogP contribution in [-0.4, -0.2) is 41.9 Å². The third-order valence-electron chi connectivity index (χ3n) is 5.72. The molecule has 1 atom stereocenters. The summed E-state index contributed by atoms with van der Waals surface area (Å²) in [4.78, 5) is 16.6. The minimum atomic E-state index is -0.461. The fraction of sp³-hybridized carbons (Fsp3) is 0.233. The van der Waals surface area contributed by atoms with Gasteiger partial charge in [0.2, 0.25) is 0 Å². The number of methoxy groups -OCH3 is 1. The summed E-state index contributed by atoms with van der Waals surface area (Å²) in [6.07, 6.45) is 2.30. The predicted molar refractivity (Wildman–Crippen MR) is 142 cm³/mol. The number of carbonyl (C=O) groups is 1. The molecule has 6 heteroatoms. The quantitative estimate of drug-likeness (QED) is 0.318. The minimum Gasteiger partial charge on any atom is -0.497 e. The smallest absolute Gasteiger partial charge is 0.255 e. The van der Waals surface area contributed by atoms with E-state index >= 15 is 0 Å². The molecule has 0 saturated heterocycles. The van der Waals surface area contributed by atoms with Gasteiger partial charge in [-0.15, -0.1) is 0 Å². The normalized spacial score (nSPS) is 11.6. The molecule has 0 aliphatic carbocycles. The van der Waals surface area contributed by atoms with E-state index in [-0.39, 0.29) is 18.6 Å². The lowest BCUT2D eigenvalue weighted by Gasteiger charge is -2.19. The molecule has 1 unspecified atom stereocenters. The van der Waals surface area contributed by atoms with Crippen LogP contribution in [0.25, 0.3) is 10.9 Å². The van der Waals surface area contributed by atoms with Crippen molar-refractivity contribution in [1.82, 2.24) is 10.3 Å². The van der Waals surface area contributed by atoms with Crippen LogP contribution in [0.5, 0.6) is 11.5 Å². The molecule has 6 nitrogen and oxygen atoms in total. The molecule has 4 rings (SSSR count). The van der Waals surface area contributed by atoms with E-state index in [2.05, 4.69) is 22.1 Å². The van der Waals surface area contributed by atoms with Crippen molar-refractivity contribution < 1.29 is 19.4 Å². The van der Waals surface area contributed by atoms with Gasteiger partial charge in [0.15, 0.2) is 0 Å². The summed E-state index contributed by atoms with van der Waals surface area (Å²) in [5.74, 6) is 7.15. The fourth-order valence-corrected chi connectivity index (χ4v) is 3.95. The Morgan fingerprint density at radius 3 is 2.47 bits per heavy atom. The summed E-state index contributed by atoms with van der Waals surface area (Å²) < 4.78 is 11.1. The van der Waals surface area contributed by atoms with Crippen molar-refractivity contribution in [2.45, 2.75) is 32.4 Å². The van der Waals surface area contributed by atoms with Crippen LogP contribution in [-0.2, 0) is 6.42 Å². The number of hydrogen-bond acceptors (Lipinski definition) is 4. The van der Waals surface area contributed by atoms with Crippen LogP contribution >= 0.6 is 0 Å². The topological polar surface area (TPSA) is 83.6 Å². The molecule has 0 spiro atoms. The van der Waals surface area contributed by atoms with E-state index in [1.54, 1.807) is 19.2 Å². The molecule has 1 amide bonds. The third kappa shape index (κ3) is 6.07. The lowest BCUT2D eigenvalue weighted by molar-refractivity contribution is 0.0910. The van der Waals surface area contributed by atoms with Crippen LogP contribution in [0.1, 0.15) is 40.9 Å². The van der Waals surface area contributed by atoms with E-state index in [0.717, 1.165) is 27.8 Å². The maximum absolute atomic E-state index is 13.3. The Balaban J connectivity index is 1.56. The second-order valence-corrected chi connectivity index (χ2v) is 8.77. The summed E-state index contributed by atoms with van der Waals surface area (Å²) in [6, 6.07) is 20.3. The number of benzene rings is 3. The zero-order valence-corrected chi connectivity index (χ0v) is 20.7. The molecular formula is C30H30N2O4. The first-order valence-corrected chi connectivity index (χ1v) is 11.9. The summed E-state index contributed by atoms with van der Waals surface area (Å²) >= 11 is 0. The zero-order valence-electron chi connectivity index (χ0n) is 20.7. The van der Waals surface area contributed by atoms with Gasteiger partial charge < -0.3 is 24.9 Å². The molecule has 0 radical (unpaired) electrons. The summed E-state index contributed by atoms with van der Waals surface area (Å²) in [5.41, 5.74) is 3.95. The highest BCUT2D eigenvalue weighted by Crippen LogP contribution is 2.23. The SMILES string of the molecule is COc1ccc(C#Cc2ccc(OC(C)C)c(C(=O)NC(CO)Cc3c[nH]c4ccccc34)c2)cc1. The number of para-hydroxylation sites is 1. The van der Waals surface area contributed by atoms with Crippen molar-refractivity contribution in [2.75, 3.05) is 13.7 Å². The standard InChI is InChI=1S/C30H30N2O4/c1-20(2)36-29-15-12-22(9-8-21-10-13-25(35-3)14-11-21)16-27(29)30(34)32-24(19-33)17-23-18-31-28-7-5-4-6-26(23)28/h4-7,10-16,18,20,24,31,33H,17,19H2,1-3H3,(H,32,34). The van der Waals surface area contributed by atoms with Crippen molar-refractivity contribution in [1.29, 1.82) is 0 Å².